The lowest BCUT2D eigenvalue weighted by Crippen LogP contribution is -2.05. The fourth-order valence-electron chi connectivity index (χ4n) is 2.44. The van der Waals surface area contributed by atoms with Gasteiger partial charge in [-0.25, -0.2) is 9.97 Å². The highest BCUT2D eigenvalue weighted by atomic mass is 16.3. The van der Waals surface area contributed by atoms with Gasteiger partial charge in [0.15, 0.2) is 0 Å². The van der Waals surface area contributed by atoms with Crippen LogP contribution in [0.4, 0.5) is 0 Å². The molecule has 3 aromatic rings. The second kappa shape index (κ2) is 8.12. The number of aliphatic imine (C=N–C) groups is 2. The van der Waals surface area contributed by atoms with Gasteiger partial charge in [0.05, 0.1) is 47.7 Å². The van der Waals surface area contributed by atoms with Gasteiger partial charge >= 0.3 is 0 Å². The molecule has 0 bridgehead atoms. The maximum Gasteiger partial charge on any atom is 0.0972 e. The molecule has 0 aliphatic rings. The van der Waals surface area contributed by atoms with Crippen molar-refractivity contribution in [3.63, 3.8) is 0 Å². The molecule has 134 valence electrons. The summed E-state index contributed by atoms with van der Waals surface area (Å²) >= 11 is 0. The number of aliphatic hydroxyl groups is 2. The standard InChI is InChI=1S/C20H22N4O2/c1-13(11-25)21-9-17-7-5-15-3-4-16-6-8-18(10-22-14(2)12-26)24-20(16)19(15)23-17/h3-10,13-14,25-26H,11-12H2,1-2H3/t13-,14-/m0/s1. The molecule has 1 aromatic carbocycles. The lowest BCUT2D eigenvalue weighted by Gasteiger charge is -2.06. The third kappa shape index (κ3) is 4.09. The van der Waals surface area contributed by atoms with Crippen LogP contribution >= 0.6 is 0 Å². The van der Waals surface area contributed by atoms with Crippen LogP contribution in [0, 0.1) is 0 Å². The number of aromatic nitrogens is 2. The van der Waals surface area contributed by atoms with E-state index in [2.05, 4.69) is 20.0 Å². The summed E-state index contributed by atoms with van der Waals surface area (Å²) in [6.07, 6.45) is 3.35. The molecule has 6 nitrogen and oxygen atoms in total. The lowest BCUT2D eigenvalue weighted by atomic mass is 10.1. The Morgan fingerprint density at radius 3 is 1.54 bits per heavy atom. The van der Waals surface area contributed by atoms with Crippen molar-refractivity contribution in [3.05, 3.63) is 47.8 Å². The van der Waals surface area contributed by atoms with Crippen LogP contribution < -0.4 is 0 Å². The van der Waals surface area contributed by atoms with Crippen molar-refractivity contribution in [2.75, 3.05) is 13.2 Å². The molecule has 0 aliphatic heterocycles. The van der Waals surface area contributed by atoms with Gasteiger partial charge in [-0.1, -0.05) is 24.3 Å². The average molecular weight is 350 g/mol. The van der Waals surface area contributed by atoms with E-state index in [4.69, 9.17) is 10.2 Å². The van der Waals surface area contributed by atoms with E-state index in [0.717, 1.165) is 33.2 Å². The summed E-state index contributed by atoms with van der Waals surface area (Å²) < 4.78 is 0. The molecule has 0 amide bonds. The van der Waals surface area contributed by atoms with Gasteiger partial charge in [0.2, 0.25) is 0 Å². The third-order valence-electron chi connectivity index (χ3n) is 4.01. The molecule has 2 atom stereocenters. The number of rotatable bonds is 6. The molecular weight excluding hydrogens is 328 g/mol. The molecule has 6 heteroatoms. The Hall–Kier alpha value is -2.70. The smallest absolute Gasteiger partial charge is 0.0972 e. The topological polar surface area (TPSA) is 91.0 Å². The fourth-order valence-corrected chi connectivity index (χ4v) is 2.44. The van der Waals surface area contributed by atoms with Gasteiger partial charge in [-0.2, -0.15) is 0 Å². The highest BCUT2D eigenvalue weighted by molar-refractivity contribution is 6.04. The van der Waals surface area contributed by atoms with Crippen LogP contribution in [-0.2, 0) is 0 Å². The second-order valence-corrected chi connectivity index (χ2v) is 6.30. The van der Waals surface area contributed by atoms with Crippen LogP contribution in [0.25, 0.3) is 21.8 Å². The van der Waals surface area contributed by atoms with Crippen molar-refractivity contribution in [2.45, 2.75) is 25.9 Å². The normalized spacial score (nSPS) is 14.6. The molecule has 2 N–H and O–H groups in total. The molecule has 0 radical (unpaired) electrons. The minimum atomic E-state index is -0.158. The van der Waals surface area contributed by atoms with Gasteiger partial charge < -0.3 is 10.2 Å². The first-order valence-corrected chi connectivity index (χ1v) is 8.59. The average Bonchev–Trinajstić information content (AvgIpc) is 2.69. The maximum atomic E-state index is 9.09. The van der Waals surface area contributed by atoms with Crippen LogP contribution in [0.1, 0.15) is 25.2 Å². The summed E-state index contributed by atoms with van der Waals surface area (Å²) in [5.41, 5.74) is 3.04. The van der Waals surface area contributed by atoms with E-state index < -0.39 is 0 Å². The van der Waals surface area contributed by atoms with Gasteiger partial charge in [-0.05, 0) is 26.0 Å². The number of pyridine rings is 2. The molecule has 0 unspecified atom stereocenters. The van der Waals surface area contributed by atoms with Crippen LogP contribution in [-0.4, -0.2) is 57.9 Å². The zero-order valence-electron chi connectivity index (χ0n) is 14.9. The Kier molecular flexibility index (Phi) is 5.65. The van der Waals surface area contributed by atoms with Gasteiger partial charge in [-0.3, -0.25) is 9.98 Å². The summed E-state index contributed by atoms with van der Waals surface area (Å²) in [7, 11) is 0. The van der Waals surface area contributed by atoms with E-state index in [0.29, 0.717) is 0 Å². The van der Waals surface area contributed by atoms with Crippen molar-refractivity contribution in [2.24, 2.45) is 9.98 Å². The number of benzene rings is 1. The number of hydrogen-bond donors (Lipinski definition) is 2. The Morgan fingerprint density at radius 1 is 0.769 bits per heavy atom. The quantitative estimate of drug-likeness (QED) is 0.527. The molecule has 0 saturated carbocycles. The lowest BCUT2D eigenvalue weighted by molar-refractivity contribution is 0.274. The second-order valence-electron chi connectivity index (χ2n) is 6.30. The predicted octanol–water partition coefficient (Wildman–Crippen LogP) is 2.38. The first-order valence-electron chi connectivity index (χ1n) is 8.59. The Labute approximate surface area is 152 Å². The Bertz CT molecular complexity index is 890. The molecule has 26 heavy (non-hydrogen) atoms. The van der Waals surface area contributed by atoms with Crippen LogP contribution in [0.5, 0.6) is 0 Å². The Morgan fingerprint density at radius 2 is 1.15 bits per heavy atom. The molecule has 0 spiro atoms. The molecule has 2 aromatic heterocycles. The molecule has 0 aliphatic carbocycles. The first kappa shape index (κ1) is 18.1. The van der Waals surface area contributed by atoms with Crippen molar-refractivity contribution >= 4 is 34.2 Å². The van der Waals surface area contributed by atoms with E-state index in [1.165, 1.54) is 0 Å². The highest BCUT2D eigenvalue weighted by Crippen LogP contribution is 2.22. The molecular formula is C20H22N4O2. The van der Waals surface area contributed by atoms with Gasteiger partial charge in [0.1, 0.15) is 0 Å². The summed E-state index contributed by atoms with van der Waals surface area (Å²) in [6.45, 7) is 3.69. The van der Waals surface area contributed by atoms with Crippen molar-refractivity contribution in [1.29, 1.82) is 0 Å². The monoisotopic (exact) mass is 350 g/mol. The Balaban J connectivity index is 2.06. The summed E-state index contributed by atoms with van der Waals surface area (Å²) in [5.74, 6) is 0. The van der Waals surface area contributed by atoms with Crippen molar-refractivity contribution in [3.8, 4) is 0 Å². The van der Waals surface area contributed by atoms with E-state index in [1.807, 2.05) is 50.2 Å². The van der Waals surface area contributed by atoms with Gasteiger partial charge in [0, 0.05) is 23.2 Å². The number of nitrogens with zero attached hydrogens (tertiary/aromatic N) is 4. The largest absolute Gasteiger partial charge is 0.394 e. The molecule has 2 heterocycles. The predicted molar refractivity (Wildman–Crippen MR) is 105 cm³/mol. The fraction of sp³-hybridized carbons (Fsp3) is 0.300. The van der Waals surface area contributed by atoms with Crippen LogP contribution in [0.2, 0.25) is 0 Å². The summed E-state index contributed by atoms with van der Waals surface area (Å²) in [4.78, 5) is 17.9. The van der Waals surface area contributed by atoms with E-state index >= 15 is 0 Å². The van der Waals surface area contributed by atoms with E-state index in [9.17, 15) is 0 Å². The SMILES string of the molecule is C[C@@H](CO)N=Cc1ccc2ccc3ccc(C=N[C@@H](C)CO)nc3c2n1. The molecule has 3 rings (SSSR count). The van der Waals surface area contributed by atoms with Crippen molar-refractivity contribution < 1.29 is 10.2 Å². The van der Waals surface area contributed by atoms with E-state index in [1.54, 1.807) is 12.4 Å². The minimum Gasteiger partial charge on any atom is -0.394 e. The third-order valence-corrected chi connectivity index (χ3v) is 4.01. The molecule has 0 fully saturated rings. The zero-order valence-corrected chi connectivity index (χ0v) is 14.9. The van der Waals surface area contributed by atoms with Crippen LogP contribution in [0.3, 0.4) is 0 Å². The van der Waals surface area contributed by atoms with Gasteiger partial charge in [-0.15, -0.1) is 0 Å². The maximum absolute atomic E-state index is 9.09. The number of fused-ring (bicyclic) bond motifs is 3. The zero-order chi connectivity index (χ0) is 18.5. The number of hydrogen-bond acceptors (Lipinski definition) is 6. The van der Waals surface area contributed by atoms with Gasteiger partial charge in [0.25, 0.3) is 0 Å². The summed E-state index contributed by atoms with van der Waals surface area (Å²) in [6, 6.07) is 11.5. The summed E-state index contributed by atoms with van der Waals surface area (Å²) in [5, 5.41) is 20.2. The first-order chi connectivity index (χ1) is 12.6. The highest BCUT2D eigenvalue weighted by Gasteiger charge is 2.06. The van der Waals surface area contributed by atoms with Crippen LogP contribution in [0.15, 0.2) is 46.4 Å². The van der Waals surface area contributed by atoms with E-state index in [-0.39, 0.29) is 25.3 Å². The minimum absolute atomic E-state index is 0.00350. The van der Waals surface area contributed by atoms with Crippen molar-refractivity contribution in [1.82, 2.24) is 9.97 Å². The molecule has 0 saturated heterocycles. The number of aliphatic hydroxyl groups excluding tert-OH is 2.